The minimum atomic E-state index is -0.583. The van der Waals surface area contributed by atoms with Gasteiger partial charge in [0, 0.05) is 12.0 Å². The molecule has 112 valence electrons. The minimum absolute atomic E-state index is 0.121. The highest BCUT2D eigenvalue weighted by molar-refractivity contribution is 5.75. The number of nitro groups is 1. The molecule has 0 amide bonds. The molecule has 22 heavy (non-hydrogen) atoms. The Morgan fingerprint density at radius 3 is 3.00 bits per heavy atom. The highest BCUT2D eigenvalue weighted by atomic mass is 16.6. The van der Waals surface area contributed by atoms with E-state index in [9.17, 15) is 14.9 Å². The number of rotatable bonds is 4. The van der Waals surface area contributed by atoms with Crippen LogP contribution in [-0.2, 0) is 6.54 Å². The number of H-pyrrole nitrogens is 1. The van der Waals surface area contributed by atoms with Gasteiger partial charge in [0.05, 0.1) is 23.1 Å². The van der Waals surface area contributed by atoms with Gasteiger partial charge in [-0.25, -0.2) is 9.78 Å². The van der Waals surface area contributed by atoms with E-state index in [4.69, 9.17) is 4.42 Å². The van der Waals surface area contributed by atoms with Crippen molar-refractivity contribution in [2.45, 2.75) is 25.3 Å². The van der Waals surface area contributed by atoms with Gasteiger partial charge in [-0.1, -0.05) is 0 Å². The molecule has 1 saturated carbocycles. The molecule has 0 atom stereocenters. The van der Waals surface area contributed by atoms with E-state index in [-0.39, 0.29) is 17.8 Å². The van der Waals surface area contributed by atoms with Crippen molar-refractivity contribution in [3.8, 4) is 0 Å². The van der Waals surface area contributed by atoms with Gasteiger partial charge in [0.25, 0.3) is 5.69 Å². The maximum Gasteiger partial charge on any atom is 0.420 e. The normalized spacial score (nSPS) is 14.5. The molecule has 1 aliphatic carbocycles. The van der Waals surface area contributed by atoms with E-state index in [0.29, 0.717) is 17.3 Å². The molecule has 1 aromatic carbocycles. The van der Waals surface area contributed by atoms with Crippen LogP contribution in [0.2, 0.25) is 0 Å². The van der Waals surface area contributed by atoms with E-state index in [1.807, 2.05) is 0 Å². The fraction of sp³-hybridized carbons (Fsp3) is 0.308. The highest BCUT2D eigenvalue weighted by Gasteiger charge is 2.28. The molecular weight excluding hydrogens is 290 g/mol. The van der Waals surface area contributed by atoms with Gasteiger partial charge >= 0.3 is 5.76 Å². The highest BCUT2D eigenvalue weighted by Crippen LogP contribution is 2.37. The summed E-state index contributed by atoms with van der Waals surface area (Å²) in [5.74, 6) is 1.17. The molecule has 2 aromatic heterocycles. The number of nitrogens with one attached hydrogen (secondary N) is 1. The first kappa shape index (κ1) is 12.7. The summed E-state index contributed by atoms with van der Waals surface area (Å²) >= 11 is 0. The van der Waals surface area contributed by atoms with Crippen LogP contribution in [0.4, 0.5) is 5.69 Å². The average Bonchev–Trinajstić information content (AvgIpc) is 3.16. The largest absolute Gasteiger partial charge is 0.420 e. The molecule has 9 heteroatoms. The van der Waals surface area contributed by atoms with Crippen LogP contribution in [0.1, 0.15) is 30.4 Å². The molecule has 0 radical (unpaired) electrons. The van der Waals surface area contributed by atoms with Gasteiger partial charge < -0.3 is 4.42 Å². The number of hydrogen-bond donors (Lipinski definition) is 1. The molecule has 1 fully saturated rings. The predicted molar refractivity (Wildman–Crippen MR) is 74.6 cm³/mol. The number of nitro benzene ring substituents is 1. The summed E-state index contributed by atoms with van der Waals surface area (Å²) in [6, 6.07) is 4.07. The number of hydrogen-bond acceptors (Lipinski definition) is 6. The van der Waals surface area contributed by atoms with Gasteiger partial charge in [0.2, 0.25) is 0 Å². The van der Waals surface area contributed by atoms with Crippen molar-refractivity contribution in [3.05, 3.63) is 50.5 Å². The van der Waals surface area contributed by atoms with E-state index in [2.05, 4.69) is 15.2 Å². The Labute approximate surface area is 122 Å². The van der Waals surface area contributed by atoms with E-state index < -0.39 is 10.7 Å². The van der Waals surface area contributed by atoms with Crippen LogP contribution in [-0.4, -0.2) is 24.7 Å². The summed E-state index contributed by atoms with van der Waals surface area (Å²) in [5.41, 5.74) is 0.546. The first-order valence-electron chi connectivity index (χ1n) is 6.81. The topological polar surface area (TPSA) is 120 Å². The molecular formula is C13H11N5O4. The molecule has 0 aliphatic heterocycles. The third-order valence-corrected chi connectivity index (χ3v) is 3.66. The lowest BCUT2D eigenvalue weighted by molar-refractivity contribution is -0.384. The molecule has 1 aliphatic rings. The monoisotopic (exact) mass is 301 g/mol. The van der Waals surface area contributed by atoms with Crippen LogP contribution in [0.25, 0.3) is 11.1 Å². The number of oxazole rings is 1. The zero-order chi connectivity index (χ0) is 15.3. The average molecular weight is 301 g/mol. The lowest BCUT2D eigenvalue weighted by Crippen LogP contribution is -2.15. The predicted octanol–water partition coefficient (Wildman–Crippen LogP) is 1.55. The molecule has 2 heterocycles. The van der Waals surface area contributed by atoms with Crippen LogP contribution < -0.4 is 5.76 Å². The third-order valence-electron chi connectivity index (χ3n) is 3.66. The SMILES string of the molecule is O=c1oc2cc([N+](=O)[O-])ccc2n1Cc1nc(C2CC2)n[nH]1. The fourth-order valence-electron chi connectivity index (χ4n) is 2.37. The van der Waals surface area contributed by atoms with Crippen molar-refractivity contribution in [1.82, 2.24) is 19.7 Å². The second-order valence-corrected chi connectivity index (χ2v) is 5.28. The second-order valence-electron chi connectivity index (χ2n) is 5.28. The Bertz CT molecular complexity index is 933. The Hall–Kier alpha value is -2.97. The number of fused-ring (bicyclic) bond motifs is 1. The number of aromatic amines is 1. The van der Waals surface area contributed by atoms with E-state index in [0.717, 1.165) is 18.7 Å². The van der Waals surface area contributed by atoms with Gasteiger partial charge in [0.1, 0.15) is 5.82 Å². The molecule has 0 saturated heterocycles. The third kappa shape index (κ3) is 2.07. The minimum Gasteiger partial charge on any atom is -0.407 e. The maximum absolute atomic E-state index is 11.9. The van der Waals surface area contributed by atoms with Gasteiger partial charge in [-0.05, 0) is 18.9 Å². The van der Waals surface area contributed by atoms with E-state index in [1.54, 1.807) is 0 Å². The Kier molecular flexibility index (Phi) is 2.62. The first-order valence-corrected chi connectivity index (χ1v) is 6.81. The lowest BCUT2D eigenvalue weighted by Gasteiger charge is -1.98. The van der Waals surface area contributed by atoms with Crippen LogP contribution in [0, 0.1) is 10.1 Å². The Morgan fingerprint density at radius 1 is 1.45 bits per heavy atom. The summed E-state index contributed by atoms with van der Waals surface area (Å²) in [6.45, 7) is 0.184. The van der Waals surface area contributed by atoms with Crippen LogP contribution in [0.3, 0.4) is 0 Å². The summed E-state index contributed by atoms with van der Waals surface area (Å²) in [4.78, 5) is 26.5. The van der Waals surface area contributed by atoms with Crippen molar-refractivity contribution >= 4 is 16.8 Å². The second kappa shape index (κ2) is 4.52. The van der Waals surface area contributed by atoms with Crippen molar-refractivity contribution in [2.24, 2.45) is 0 Å². The van der Waals surface area contributed by atoms with Crippen molar-refractivity contribution in [1.29, 1.82) is 0 Å². The molecule has 0 bridgehead atoms. The van der Waals surface area contributed by atoms with Crippen LogP contribution in [0.5, 0.6) is 0 Å². The summed E-state index contributed by atoms with van der Waals surface area (Å²) < 4.78 is 6.44. The molecule has 4 rings (SSSR count). The van der Waals surface area contributed by atoms with Gasteiger partial charge in [-0.3, -0.25) is 19.8 Å². The van der Waals surface area contributed by atoms with Gasteiger partial charge in [-0.2, -0.15) is 5.10 Å². The molecule has 1 N–H and O–H groups in total. The fourth-order valence-corrected chi connectivity index (χ4v) is 2.37. The smallest absolute Gasteiger partial charge is 0.407 e. The molecule has 0 spiro atoms. The lowest BCUT2D eigenvalue weighted by atomic mass is 10.3. The van der Waals surface area contributed by atoms with Gasteiger partial charge in [-0.15, -0.1) is 0 Å². The van der Waals surface area contributed by atoms with Crippen LogP contribution >= 0.6 is 0 Å². The quantitative estimate of drug-likeness (QED) is 0.576. The Balaban J connectivity index is 1.72. The number of benzene rings is 1. The zero-order valence-corrected chi connectivity index (χ0v) is 11.4. The molecule has 0 unspecified atom stereocenters. The molecule has 3 aromatic rings. The number of nitrogens with zero attached hydrogens (tertiary/aromatic N) is 4. The number of non-ortho nitro benzene ring substituents is 1. The first-order chi connectivity index (χ1) is 10.6. The van der Waals surface area contributed by atoms with Gasteiger partial charge in [0.15, 0.2) is 11.4 Å². The maximum atomic E-state index is 11.9. The number of aromatic nitrogens is 4. The van der Waals surface area contributed by atoms with Crippen molar-refractivity contribution in [2.75, 3.05) is 0 Å². The van der Waals surface area contributed by atoms with E-state index in [1.165, 1.54) is 22.8 Å². The van der Waals surface area contributed by atoms with E-state index >= 15 is 0 Å². The summed E-state index contributed by atoms with van der Waals surface area (Å²) in [6.07, 6.45) is 2.19. The molecule has 9 nitrogen and oxygen atoms in total. The van der Waals surface area contributed by atoms with Crippen LogP contribution in [0.15, 0.2) is 27.4 Å². The standard InChI is InChI=1S/C13H11N5O4/c19-13-17(6-11-14-12(16-15-11)7-1-2-7)9-4-3-8(18(20)21)5-10(9)22-13/h3-5,7H,1-2,6H2,(H,14,15,16). The van der Waals surface area contributed by atoms with Crippen molar-refractivity contribution in [3.63, 3.8) is 0 Å². The Morgan fingerprint density at radius 2 is 2.27 bits per heavy atom. The zero-order valence-electron chi connectivity index (χ0n) is 11.4. The summed E-state index contributed by atoms with van der Waals surface area (Å²) in [5, 5.41) is 17.7. The van der Waals surface area contributed by atoms with Crippen molar-refractivity contribution < 1.29 is 9.34 Å². The summed E-state index contributed by atoms with van der Waals surface area (Å²) in [7, 11) is 0.